The number of hydrogen-bond donors (Lipinski definition) is 0. The normalized spacial score (nSPS) is 16.8. The van der Waals surface area contributed by atoms with Crippen molar-refractivity contribution in [1.82, 2.24) is 0 Å². The monoisotopic (exact) mass is 665 g/mol. The van der Waals surface area contributed by atoms with E-state index in [9.17, 15) is 0 Å². The van der Waals surface area contributed by atoms with Crippen LogP contribution in [0.25, 0.3) is 22.3 Å². The van der Waals surface area contributed by atoms with Crippen LogP contribution < -0.4 is 4.90 Å². The molecule has 3 aliphatic rings. The number of anilines is 2. The molecule has 0 amide bonds. The minimum absolute atomic E-state index is 0.0705. The summed E-state index contributed by atoms with van der Waals surface area (Å²) in [7, 11) is 0. The van der Waals surface area contributed by atoms with E-state index in [0.717, 1.165) is 36.9 Å². The molecule has 1 nitrogen and oxygen atoms in total. The SMILES string of the molecule is C=C/C=C\C(=C/CC)c1ccc(N(C2=CC=C(c3ccccc3)CC2)c2cccc3c2CC2=C(/C=C\C3=C)C(C)(C)c3ccccc32)cc1.CC. The average Bonchev–Trinajstić information content (AvgIpc) is 3.38. The topological polar surface area (TPSA) is 3.24 Å². The number of fused-ring (bicyclic) bond motifs is 3. The zero-order chi connectivity index (χ0) is 36.0. The Labute approximate surface area is 306 Å². The number of hydrogen-bond acceptors (Lipinski definition) is 1. The van der Waals surface area contributed by atoms with Crippen molar-refractivity contribution >= 4 is 33.7 Å². The molecule has 0 spiro atoms. The molecule has 4 aromatic carbocycles. The average molecular weight is 666 g/mol. The van der Waals surface area contributed by atoms with Gasteiger partial charge in [0.1, 0.15) is 0 Å². The Kier molecular flexibility index (Phi) is 10.9. The molecule has 0 aromatic heterocycles. The van der Waals surface area contributed by atoms with Gasteiger partial charge in [0.05, 0.1) is 0 Å². The van der Waals surface area contributed by atoms with Gasteiger partial charge in [-0.3, -0.25) is 0 Å². The molecule has 4 aromatic rings. The van der Waals surface area contributed by atoms with Crippen LogP contribution in [-0.4, -0.2) is 0 Å². The molecule has 0 unspecified atom stereocenters. The highest BCUT2D eigenvalue weighted by Crippen LogP contribution is 2.51. The fourth-order valence-corrected chi connectivity index (χ4v) is 7.82. The third-order valence-electron chi connectivity index (χ3n) is 10.3. The zero-order valence-corrected chi connectivity index (χ0v) is 31.0. The Balaban J connectivity index is 0.00000220. The molecule has 0 saturated carbocycles. The van der Waals surface area contributed by atoms with E-state index < -0.39 is 0 Å². The fourth-order valence-electron chi connectivity index (χ4n) is 7.82. The summed E-state index contributed by atoms with van der Waals surface area (Å²) in [6.07, 6.45) is 21.2. The standard InChI is InChI=1S/C48H45N.C2H6/c1-6-8-16-35(15-7-2)37-24-28-39(29-25-37)49(40-30-26-38(27-31-40)36-17-10-9-11-18-36)47-22-14-20-41-34(3)23-32-46-43(33-44(41)47)42-19-12-13-21-45(42)48(46,4)5;1-2/h6,8-26,28-30,32H,1,3,7,27,31,33H2,2,4-5H3;1-2H3/b16-8-,32-23-,35-15+;. The lowest BCUT2D eigenvalue weighted by atomic mass is 9.79. The largest absolute Gasteiger partial charge is 0.314 e. The zero-order valence-electron chi connectivity index (χ0n) is 31.0. The summed E-state index contributed by atoms with van der Waals surface area (Å²) in [4.78, 5) is 2.51. The van der Waals surface area contributed by atoms with Gasteiger partial charge in [-0.2, -0.15) is 0 Å². The van der Waals surface area contributed by atoms with Gasteiger partial charge < -0.3 is 4.90 Å². The van der Waals surface area contributed by atoms with E-state index >= 15 is 0 Å². The van der Waals surface area contributed by atoms with Crippen molar-refractivity contribution in [2.24, 2.45) is 0 Å². The lowest BCUT2D eigenvalue weighted by Crippen LogP contribution is -2.20. The van der Waals surface area contributed by atoms with Crippen LogP contribution in [0.3, 0.4) is 0 Å². The van der Waals surface area contributed by atoms with Crippen molar-refractivity contribution in [2.75, 3.05) is 4.90 Å². The maximum absolute atomic E-state index is 4.60. The van der Waals surface area contributed by atoms with E-state index in [2.05, 4.69) is 172 Å². The molecule has 0 fully saturated rings. The minimum Gasteiger partial charge on any atom is -0.314 e. The predicted molar refractivity (Wildman–Crippen MR) is 224 cm³/mol. The third kappa shape index (κ3) is 6.99. The van der Waals surface area contributed by atoms with Crippen LogP contribution in [0.4, 0.5) is 11.4 Å². The van der Waals surface area contributed by atoms with E-state index in [0.29, 0.717) is 0 Å². The molecule has 0 bridgehead atoms. The first-order chi connectivity index (χ1) is 24.9. The van der Waals surface area contributed by atoms with Crippen LogP contribution in [-0.2, 0) is 11.8 Å². The van der Waals surface area contributed by atoms with Crippen molar-refractivity contribution in [3.8, 4) is 0 Å². The second-order valence-electron chi connectivity index (χ2n) is 13.7. The van der Waals surface area contributed by atoms with E-state index in [1.165, 1.54) is 67.1 Å². The predicted octanol–water partition coefficient (Wildman–Crippen LogP) is 14.0. The minimum atomic E-state index is -0.0705. The molecule has 0 N–H and O–H groups in total. The van der Waals surface area contributed by atoms with Crippen LogP contribution >= 0.6 is 0 Å². The number of rotatable bonds is 8. The fraction of sp³-hybridized carbons (Fsp3) is 0.200. The van der Waals surface area contributed by atoms with Crippen LogP contribution in [0, 0.1) is 0 Å². The Morgan fingerprint density at radius 3 is 2.24 bits per heavy atom. The quantitative estimate of drug-likeness (QED) is 0.169. The van der Waals surface area contributed by atoms with Crippen molar-refractivity contribution in [3.63, 3.8) is 0 Å². The van der Waals surface area contributed by atoms with E-state index in [-0.39, 0.29) is 5.41 Å². The summed E-state index contributed by atoms with van der Waals surface area (Å²) in [5.74, 6) is 0. The molecule has 0 radical (unpaired) electrons. The van der Waals surface area contributed by atoms with Crippen LogP contribution in [0.5, 0.6) is 0 Å². The molecule has 256 valence electrons. The summed E-state index contributed by atoms with van der Waals surface area (Å²) in [6.45, 7) is 19.4. The van der Waals surface area contributed by atoms with Gasteiger partial charge in [-0.25, -0.2) is 0 Å². The van der Waals surface area contributed by atoms with Gasteiger partial charge >= 0.3 is 0 Å². The molecule has 51 heavy (non-hydrogen) atoms. The Morgan fingerprint density at radius 1 is 0.804 bits per heavy atom. The molecule has 1 heteroatoms. The third-order valence-corrected chi connectivity index (χ3v) is 10.3. The molecule has 0 saturated heterocycles. The Bertz CT molecular complexity index is 2110. The Hall–Kier alpha value is -5.40. The summed E-state index contributed by atoms with van der Waals surface area (Å²) in [5, 5.41) is 0. The van der Waals surface area contributed by atoms with Gasteiger partial charge in [0.25, 0.3) is 0 Å². The summed E-state index contributed by atoms with van der Waals surface area (Å²) < 4.78 is 0. The van der Waals surface area contributed by atoms with Crippen LogP contribution in [0.15, 0.2) is 170 Å². The van der Waals surface area contributed by atoms with Crippen molar-refractivity contribution < 1.29 is 0 Å². The number of allylic oxidation sites excluding steroid dienone is 14. The molecule has 0 aliphatic heterocycles. The first-order valence-corrected chi connectivity index (χ1v) is 18.6. The van der Waals surface area contributed by atoms with Crippen molar-refractivity contribution in [1.29, 1.82) is 0 Å². The lowest BCUT2D eigenvalue weighted by Gasteiger charge is -2.33. The van der Waals surface area contributed by atoms with Crippen LogP contribution in [0.1, 0.15) is 87.3 Å². The van der Waals surface area contributed by atoms with Crippen LogP contribution in [0.2, 0.25) is 0 Å². The van der Waals surface area contributed by atoms with Gasteiger partial charge in [0.15, 0.2) is 0 Å². The number of nitrogens with zero attached hydrogens (tertiary/aromatic N) is 1. The Morgan fingerprint density at radius 2 is 1.53 bits per heavy atom. The molecular formula is C50H51N. The second kappa shape index (κ2) is 15.7. The highest BCUT2D eigenvalue weighted by atomic mass is 15.2. The number of benzene rings is 4. The molecule has 0 atom stereocenters. The van der Waals surface area contributed by atoms with E-state index in [1.54, 1.807) is 0 Å². The highest BCUT2D eigenvalue weighted by molar-refractivity contribution is 5.91. The van der Waals surface area contributed by atoms with Gasteiger partial charge in [-0.1, -0.05) is 169 Å². The maximum atomic E-state index is 4.60. The maximum Gasteiger partial charge on any atom is 0.0499 e. The smallest absolute Gasteiger partial charge is 0.0499 e. The highest BCUT2D eigenvalue weighted by Gasteiger charge is 2.37. The van der Waals surface area contributed by atoms with Gasteiger partial charge in [-0.15, -0.1) is 0 Å². The second-order valence-corrected chi connectivity index (χ2v) is 13.7. The summed E-state index contributed by atoms with van der Waals surface area (Å²) >= 11 is 0. The summed E-state index contributed by atoms with van der Waals surface area (Å²) in [5.41, 5.74) is 17.9. The first-order valence-electron chi connectivity index (χ1n) is 18.6. The van der Waals surface area contributed by atoms with Crippen molar-refractivity contribution in [3.05, 3.63) is 203 Å². The lowest BCUT2D eigenvalue weighted by molar-refractivity contribution is 0.653. The molecule has 0 heterocycles. The van der Waals surface area contributed by atoms with Gasteiger partial charge in [-0.05, 0) is 105 Å². The van der Waals surface area contributed by atoms with E-state index in [1.807, 2.05) is 26.0 Å². The molecular weight excluding hydrogens is 615 g/mol. The van der Waals surface area contributed by atoms with Gasteiger partial charge in [0.2, 0.25) is 0 Å². The van der Waals surface area contributed by atoms with E-state index in [4.69, 9.17) is 0 Å². The first kappa shape index (κ1) is 35.4. The van der Waals surface area contributed by atoms with Gasteiger partial charge in [0, 0.05) is 28.9 Å². The molecule has 7 rings (SSSR count). The van der Waals surface area contributed by atoms with Crippen molar-refractivity contribution in [2.45, 2.75) is 65.7 Å². The summed E-state index contributed by atoms with van der Waals surface area (Å²) in [6, 6.07) is 35.6. The molecule has 3 aliphatic carbocycles.